The highest BCUT2D eigenvalue weighted by Crippen LogP contribution is 2.16. The van der Waals surface area contributed by atoms with Crippen molar-refractivity contribution in [2.75, 3.05) is 26.3 Å². The molecule has 8 heteroatoms. The van der Waals surface area contributed by atoms with Gasteiger partial charge in [-0.3, -0.25) is 9.59 Å². The summed E-state index contributed by atoms with van der Waals surface area (Å²) in [6, 6.07) is -0.618. The van der Waals surface area contributed by atoms with E-state index in [1.54, 1.807) is 0 Å². The van der Waals surface area contributed by atoms with Gasteiger partial charge in [0.2, 0.25) is 11.8 Å². The normalized spacial score (nSPS) is 22.0. The van der Waals surface area contributed by atoms with Crippen LogP contribution < -0.4 is 5.32 Å². The second kappa shape index (κ2) is 7.63. The van der Waals surface area contributed by atoms with Gasteiger partial charge in [-0.1, -0.05) is 20.3 Å². The molecule has 0 spiro atoms. The molecule has 0 aliphatic carbocycles. The van der Waals surface area contributed by atoms with E-state index in [4.69, 9.17) is 0 Å². The zero-order valence-corrected chi connectivity index (χ0v) is 12.2. The van der Waals surface area contributed by atoms with E-state index in [1.165, 1.54) is 4.90 Å². The molecule has 0 bridgehead atoms. The van der Waals surface area contributed by atoms with Crippen molar-refractivity contribution in [2.24, 2.45) is 5.92 Å². The Hall–Kier alpha value is -1.31. The second-order valence-electron chi connectivity index (χ2n) is 5.17. The number of nitrogens with zero attached hydrogens (tertiary/aromatic N) is 1. The molecule has 2 unspecified atom stereocenters. The van der Waals surface area contributed by atoms with Crippen molar-refractivity contribution in [1.29, 1.82) is 0 Å². The lowest BCUT2D eigenvalue weighted by Crippen LogP contribution is -2.49. The summed E-state index contributed by atoms with van der Waals surface area (Å²) in [7, 11) is 0. The smallest absolute Gasteiger partial charge is 0.370 e. The summed E-state index contributed by atoms with van der Waals surface area (Å²) in [5.41, 5.74) is 0. The highest BCUT2D eigenvalue weighted by atomic mass is 19.4. The standard InChI is InChI=1S/C13H21F3N2O3/c1-3-9(2)11-12(20)18(5-4-10(19)17-11)6-7-21-8-13(14,15)16/h9,11H,3-8H2,1-2H3,(H,17,19). The molecule has 2 atom stereocenters. The van der Waals surface area contributed by atoms with Crippen LogP contribution in [0.2, 0.25) is 0 Å². The maximum atomic E-state index is 12.3. The number of hydrogen-bond acceptors (Lipinski definition) is 3. The Labute approximate surface area is 121 Å². The first-order chi connectivity index (χ1) is 9.74. The average Bonchev–Trinajstić information content (AvgIpc) is 2.54. The van der Waals surface area contributed by atoms with Gasteiger partial charge >= 0.3 is 6.18 Å². The third-order valence-corrected chi connectivity index (χ3v) is 3.49. The van der Waals surface area contributed by atoms with E-state index >= 15 is 0 Å². The molecule has 1 saturated heterocycles. The Kier molecular flexibility index (Phi) is 6.44. The van der Waals surface area contributed by atoms with Crippen LogP contribution in [0.5, 0.6) is 0 Å². The van der Waals surface area contributed by atoms with Crippen LogP contribution in [-0.4, -0.2) is 55.2 Å². The van der Waals surface area contributed by atoms with E-state index in [9.17, 15) is 22.8 Å². The van der Waals surface area contributed by atoms with Crippen molar-refractivity contribution in [3.8, 4) is 0 Å². The molecule has 1 rings (SSSR count). The SMILES string of the molecule is CCC(C)C1NC(=O)CCN(CCOCC(F)(F)F)C1=O. The summed E-state index contributed by atoms with van der Waals surface area (Å²) in [5.74, 6) is -0.503. The molecule has 2 amide bonds. The molecule has 0 aromatic carbocycles. The number of amides is 2. The van der Waals surface area contributed by atoms with E-state index in [2.05, 4.69) is 10.1 Å². The minimum atomic E-state index is -4.38. The van der Waals surface area contributed by atoms with Gasteiger partial charge in [-0.2, -0.15) is 13.2 Å². The fraction of sp³-hybridized carbons (Fsp3) is 0.846. The van der Waals surface area contributed by atoms with E-state index in [0.29, 0.717) is 0 Å². The Bertz CT molecular complexity index is 374. The Morgan fingerprint density at radius 1 is 1.43 bits per heavy atom. The summed E-state index contributed by atoms with van der Waals surface area (Å²) in [6.07, 6.45) is -3.51. The van der Waals surface area contributed by atoms with Gasteiger partial charge in [0.05, 0.1) is 6.61 Å². The van der Waals surface area contributed by atoms with Crippen LogP contribution in [0.25, 0.3) is 0 Å². The predicted molar refractivity (Wildman–Crippen MR) is 69.5 cm³/mol. The van der Waals surface area contributed by atoms with Gasteiger partial charge in [-0.15, -0.1) is 0 Å². The van der Waals surface area contributed by atoms with E-state index in [-0.39, 0.29) is 43.8 Å². The molecule has 1 aliphatic rings. The van der Waals surface area contributed by atoms with Gasteiger partial charge in [-0.05, 0) is 5.92 Å². The van der Waals surface area contributed by atoms with Crippen molar-refractivity contribution >= 4 is 11.8 Å². The van der Waals surface area contributed by atoms with Crippen molar-refractivity contribution < 1.29 is 27.5 Å². The zero-order valence-electron chi connectivity index (χ0n) is 12.2. The fourth-order valence-corrected chi connectivity index (χ4v) is 2.06. The van der Waals surface area contributed by atoms with Gasteiger partial charge in [0.25, 0.3) is 0 Å². The Morgan fingerprint density at radius 3 is 2.67 bits per heavy atom. The van der Waals surface area contributed by atoms with Crippen molar-refractivity contribution in [2.45, 2.75) is 38.9 Å². The van der Waals surface area contributed by atoms with E-state index < -0.39 is 18.8 Å². The summed E-state index contributed by atoms with van der Waals surface area (Å²) < 4.78 is 40.4. The van der Waals surface area contributed by atoms with Gasteiger partial charge < -0.3 is 15.0 Å². The molecule has 5 nitrogen and oxygen atoms in total. The maximum Gasteiger partial charge on any atom is 0.411 e. The van der Waals surface area contributed by atoms with Crippen molar-refractivity contribution in [3.63, 3.8) is 0 Å². The van der Waals surface area contributed by atoms with E-state index in [0.717, 1.165) is 6.42 Å². The van der Waals surface area contributed by atoms with Crippen LogP contribution in [0.4, 0.5) is 13.2 Å². The largest absolute Gasteiger partial charge is 0.411 e. The first kappa shape index (κ1) is 17.7. The summed E-state index contributed by atoms with van der Waals surface area (Å²) >= 11 is 0. The Balaban J connectivity index is 2.55. The first-order valence-electron chi connectivity index (χ1n) is 6.97. The molecule has 0 saturated carbocycles. The third-order valence-electron chi connectivity index (χ3n) is 3.49. The lowest BCUT2D eigenvalue weighted by atomic mass is 9.98. The highest BCUT2D eigenvalue weighted by molar-refractivity contribution is 5.90. The number of carbonyl (C=O) groups excluding carboxylic acids is 2. The first-order valence-corrected chi connectivity index (χ1v) is 6.97. The molecule has 1 aliphatic heterocycles. The molecule has 0 aromatic heterocycles. The van der Waals surface area contributed by atoms with E-state index in [1.807, 2.05) is 13.8 Å². The summed E-state index contributed by atoms with van der Waals surface area (Å²) in [4.78, 5) is 25.3. The van der Waals surface area contributed by atoms with Crippen LogP contribution in [0.1, 0.15) is 26.7 Å². The lowest BCUT2D eigenvalue weighted by molar-refractivity contribution is -0.174. The molecule has 21 heavy (non-hydrogen) atoms. The molecular weight excluding hydrogens is 289 g/mol. The summed E-state index contributed by atoms with van der Waals surface area (Å²) in [5, 5.41) is 2.67. The number of nitrogens with one attached hydrogen (secondary N) is 1. The van der Waals surface area contributed by atoms with Crippen molar-refractivity contribution in [1.82, 2.24) is 10.2 Å². The molecule has 0 aromatic rings. The van der Waals surface area contributed by atoms with Crippen LogP contribution in [0.3, 0.4) is 0 Å². The monoisotopic (exact) mass is 310 g/mol. The van der Waals surface area contributed by atoms with Crippen LogP contribution >= 0.6 is 0 Å². The zero-order chi connectivity index (χ0) is 16.0. The van der Waals surface area contributed by atoms with Crippen LogP contribution in [0, 0.1) is 5.92 Å². The fourth-order valence-electron chi connectivity index (χ4n) is 2.06. The number of carbonyl (C=O) groups is 2. The van der Waals surface area contributed by atoms with Crippen LogP contribution in [0.15, 0.2) is 0 Å². The number of alkyl halides is 3. The molecular formula is C13H21F3N2O3. The third kappa shape index (κ3) is 5.91. The van der Waals surface area contributed by atoms with Crippen LogP contribution in [-0.2, 0) is 14.3 Å². The number of halogens is 3. The topological polar surface area (TPSA) is 58.6 Å². The average molecular weight is 310 g/mol. The molecule has 0 radical (unpaired) electrons. The van der Waals surface area contributed by atoms with Gasteiger partial charge in [-0.25, -0.2) is 0 Å². The summed E-state index contributed by atoms with van der Waals surface area (Å²) in [6.45, 7) is 2.48. The minimum Gasteiger partial charge on any atom is -0.370 e. The minimum absolute atomic E-state index is 0.0295. The van der Waals surface area contributed by atoms with Crippen molar-refractivity contribution in [3.05, 3.63) is 0 Å². The molecule has 122 valence electrons. The highest BCUT2D eigenvalue weighted by Gasteiger charge is 2.33. The van der Waals surface area contributed by atoms with Gasteiger partial charge in [0.15, 0.2) is 0 Å². The second-order valence-corrected chi connectivity index (χ2v) is 5.17. The Morgan fingerprint density at radius 2 is 2.10 bits per heavy atom. The molecule has 1 N–H and O–H groups in total. The number of ether oxygens (including phenoxy) is 1. The maximum absolute atomic E-state index is 12.3. The number of rotatable bonds is 6. The number of hydrogen-bond donors (Lipinski definition) is 1. The molecule has 1 fully saturated rings. The van der Waals surface area contributed by atoms with Gasteiger partial charge in [0.1, 0.15) is 12.6 Å². The quantitative estimate of drug-likeness (QED) is 0.753. The van der Waals surface area contributed by atoms with Gasteiger partial charge in [0, 0.05) is 19.5 Å². The molecule has 1 heterocycles. The predicted octanol–water partition coefficient (Wildman–Crippen LogP) is 1.33. The lowest BCUT2D eigenvalue weighted by Gasteiger charge is -2.27.